The van der Waals surface area contributed by atoms with Crippen LogP contribution in [0.15, 0.2) is 22.9 Å². The first kappa shape index (κ1) is 10.7. The maximum absolute atomic E-state index is 5.78. The molecule has 0 saturated heterocycles. The van der Waals surface area contributed by atoms with Crippen molar-refractivity contribution in [3.8, 4) is 11.6 Å². The largest absolute Gasteiger partial charge is 0.332 e. The summed E-state index contributed by atoms with van der Waals surface area (Å²) in [4.78, 5) is 8.57. The summed E-state index contributed by atoms with van der Waals surface area (Å²) in [7, 11) is 0. The summed E-state index contributed by atoms with van der Waals surface area (Å²) in [6, 6.07) is 3.55. The molecule has 2 heterocycles. The van der Waals surface area contributed by atoms with E-state index in [1.165, 1.54) is 12.8 Å². The quantitative estimate of drug-likeness (QED) is 0.818. The molecule has 3 rings (SSSR count). The molecule has 1 saturated carbocycles. The molecular weight excluding hydrogens is 238 g/mol. The summed E-state index contributed by atoms with van der Waals surface area (Å²) in [6.45, 7) is 0. The van der Waals surface area contributed by atoms with E-state index < -0.39 is 0 Å². The predicted molar refractivity (Wildman–Crippen MR) is 63.7 cm³/mol. The van der Waals surface area contributed by atoms with Crippen molar-refractivity contribution in [3.63, 3.8) is 0 Å². The Balaban J connectivity index is 1.86. The van der Waals surface area contributed by atoms with Crippen LogP contribution in [0.5, 0.6) is 0 Å². The van der Waals surface area contributed by atoms with Crippen molar-refractivity contribution in [1.29, 1.82) is 0 Å². The number of pyridine rings is 1. The maximum atomic E-state index is 5.78. The molecule has 5 heteroatoms. The van der Waals surface area contributed by atoms with Gasteiger partial charge in [-0.1, -0.05) is 29.6 Å². The lowest BCUT2D eigenvalue weighted by atomic mass is 10.1. The number of hydrogen-bond acceptors (Lipinski definition) is 4. The van der Waals surface area contributed by atoms with Gasteiger partial charge in [0.05, 0.1) is 5.02 Å². The topological polar surface area (TPSA) is 51.8 Å². The fourth-order valence-corrected chi connectivity index (χ4v) is 2.30. The van der Waals surface area contributed by atoms with Gasteiger partial charge < -0.3 is 4.52 Å². The van der Waals surface area contributed by atoms with Crippen LogP contribution >= 0.6 is 11.6 Å². The Hall–Kier alpha value is -1.42. The fourth-order valence-electron chi connectivity index (χ4n) is 2.19. The van der Waals surface area contributed by atoms with E-state index >= 15 is 0 Å². The molecule has 2 aromatic heterocycles. The van der Waals surface area contributed by atoms with E-state index in [0.717, 1.165) is 18.7 Å². The van der Waals surface area contributed by atoms with E-state index in [-0.39, 0.29) is 0 Å². The summed E-state index contributed by atoms with van der Waals surface area (Å²) in [5.74, 6) is 1.75. The van der Waals surface area contributed by atoms with Gasteiger partial charge in [0.1, 0.15) is 5.69 Å². The van der Waals surface area contributed by atoms with Crippen LogP contribution in [0.4, 0.5) is 0 Å². The van der Waals surface area contributed by atoms with Gasteiger partial charge in [-0.15, -0.1) is 0 Å². The smallest absolute Gasteiger partial charge is 0.276 e. The molecule has 0 aliphatic heterocycles. The van der Waals surface area contributed by atoms with E-state index in [1.807, 2.05) is 0 Å². The second-order valence-corrected chi connectivity index (χ2v) is 4.74. The summed E-state index contributed by atoms with van der Waals surface area (Å²) in [5, 5.41) is 4.64. The molecule has 0 amide bonds. The molecule has 88 valence electrons. The number of rotatable bonds is 2. The molecule has 17 heavy (non-hydrogen) atoms. The zero-order valence-electron chi connectivity index (χ0n) is 9.27. The zero-order chi connectivity index (χ0) is 11.7. The monoisotopic (exact) mass is 249 g/mol. The van der Waals surface area contributed by atoms with E-state index in [1.54, 1.807) is 18.3 Å². The van der Waals surface area contributed by atoms with Gasteiger partial charge in [-0.2, -0.15) is 4.98 Å². The van der Waals surface area contributed by atoms with Crippen molar-refractivity contribution >= 4 is 11.6 Å². The van der Waals surface area contributed by atoms with Gasteiger partial charge >= 0.3 is 0 Å². The Morgan fingerprint density at radius 3 is 2.76 bits per heavy atom. The van der Waals surface area contributed by atoms with Crippen LogP contribution in [0.3, 0.4) is 0 Å². The molecule has 0 atom stereocenters. The van der Waals surface area contributed by atoms with Gasteiger partial charge in [0.2, 0.25) is 0 Å². The van der Waals surface area contributed by atoms with Crippen molar-refractivity contribution in [2.45, 2.75) is 31.6 Å². The number of halogens is 1. The van der Waals surface area contributed by atoms with E-state index in [9.17, 15) is 0 Å². The lowest BCUT2D eigenvalue weighted by molar-refractivity contribution is 0.414. The third-order valence-electron chi connectivity index (χ3n) is 3.11. The Labute approximate surface area is 104 Å². The molecule has 1 aliphatic carbocycles. The second-order valence-electron chi connectivity index (χ2n) is 4.30. The molecule has 0 spiro atoms. The summed E-state index contributed by atoms with van der Waals surface area (Å²) < 4.78 is 5.24. The summed E-state index contributed by atoms with van der Waals surface area (Å²) >= 11 is 5.78. The van der Waals surface area contributed by atoms with Crippen LogP contribution < -0.4 is 0 Å². The fraction of sp³-hybridized carbons (Fsp3) is 0.417. The highest BCUT2D eigenvalue weighted by Crippen LogP contribution is 2.33. The SMILES string of the molecule is Clc1ccc(-c2nc(C3CCCC3)no2)nc1. The van der Waals surface area contributed by atoms with E-state index in [2.05, 4.69) is 15.1 Å². The number of hydrogen-bond donors (Lipinski definition) is 0. The summed E-state index contributed by atoms with van der Waals surface area (Å²) in [6.07, 6.45) is 6.41. The van der Waals surface area contributed by atoms with Gasteiger partial charge in [-0.05, 0) is 25.0 Å². The Morgan fingerprint density at radius 1 is 1.24 bits per heavy atom. The third-order valence-corrected chi connectivity index (χ3v) is 3.33. The van der Waals surface area contributed by atoms with Crippen molar-refractivity contribution in [1.82, 2.24) is 15.1 Å². The number of aromatic nitrogens is 3. The average molecular weight is 250 g/mol. The minimum absolute atomic E-state index is 0.458. The second kappa shape index (κ2) is 4.45. The highest BCUT2D eigenvalue weighted by molar-refractivity contribution is 6.30. The minimum Gasteiger partial charge on any atom is -0.332 e. The molecule has 4 nitrogen and oxygen atoms in total. The molecular formula is C12H12ClN3O. The van der Waals surface area contributed by atoms with Gasteiger partial charge in [0.25, 0.3) is 5.89 Å². The third kappa shape index (κ3) is 2.17. The lowest BCUT2D eigenvalue weighted by Gasteiger charge is -1.99. The molecule has 1 aliphatic rings. The Kier molecular flexibility index (Phi) is 2.81. The zero-order valence-corrected chi connectivity index (χ0v) is 10.0. The molecule has 0 radical (unpaired) electrons. The van der Waals surface area contributed by atoms with Crippen molar-refractivity contribution < 1.29 is 4.52 Å². The Bertz CT molecular complexity index is 503. The molecule has 0 unspecified atom stereocenters. The standard InChI is InChI=1S/C12H12ClN3O/c13-9-5-6-10(14-7-9)12-15-11(16-17-12)8-3-1-2-4-8/h5-8H,1-4H2. The molecule has 1 fully saturated rings. The van der Waals surface area contributed by atoms with Crippen LogP contribution in [0.1, 0.15) is 37.4 Å². The highest BCUT2D eigenvalue weighted by atomic mass is 35.5. The summed E-state index contributed by atoms with van der Waals surface area (Å²) in [5.41, 5.74) is 0.672. The normalized spacial score (nSPS) is 16.5. The van der Waals surface area contributed by atoms with Crippen molar-refractivity contribution in [2.24, 2.45) is 0 Å². The number of nitrogens with zero attached hydrogens (tertiary/aromatic N) is 3. The van der Waals surface area contributed by atoms with Gasteiger partial charge in [0, 0.05) is 12.1 Å². The average Bonchev–Trinajstić information content (AvgIpc) is 3.00. The van der Waals surface area contributed by atoms with Crippen LogP contribution in [0, 0.1) is 0 Å². The van der Waals surface area contributed by atoms with Gasteiger partial charge in [0.15, 0.2) is 5.82 Å². The molecule has 0 aromatic carbocycles. The Morgan fingerprint density at radius 2 is 2.06 bits per heavy atom. The predicted octanol–water partition coefficient (Wildman–Crippen LogP) is 3.44. The first-order valence-electron chi connectivity index (χ1n) is 5.78. The highest BCUT2D eigenvalue weighted by Gasteiger charge is 2.22. The van der Waals surface area contributed by atoms with Crippen LogP contribution in [0.25, 0.3) is 11.6 Å². The van der Waals surface area contributed by atoms with Crippen LogP contribution in [-0.4, -0.2) is 15.1 Å². The van der Waals surface area contributed by atoms with E-state index in [4.69, 9.17) is 16.1 Å². The first-order chi connectivity index (χ1) is 8.33. The lowest BCUT2D eigenvalue weighted by Crippen LogP contribution is -1.94. The minimum atomic E-state index is 0.458. The van der Waals surface area contributed by atoms with Crippen molar-refractivity contribution in [2.75, 3.05) is 0 Å². The first-order valence-corrected chi connectivity index (χ1v) is 6.16. The molecule has 2 aromatic rings. The van der Waals surface area contributed by atoms with Crippen LogP contribution in [0.2, 0.25) is 5.02 Å². The molecule has 0 bridgehead atoms. The van der Waals surface area contributed by atoms with E-state index in [0.29, 0.717) is 22.5 Å². The molecule has 0 N–H and O–H groups in total. The van der Waals surface area contributed by atoms with Gasteiger partial charge in [-0.25, -0.2) is 4.98 Å². The van der Waals surface area contributed by atoms with Crippen molar-refractivity contribution in [3.05, 3.63) is 29.2 Å². The maximum Gasteiger partial charge on any atom is 0.276 e. The van der Waals surface area contributed by atoms with Crippen LogP contribution in [-0.2, 0) is 0 Å². The van der Waals surface area contributed by atoms with Gasteiger partial charge in [-0.3, -0.25) is 0 Å².